The summed E-state index contributed by atoms with van der Waals surface area (Å²) in [4.78, 5) is 4.26. The second-order valence-corrected chi connectivity index (χ2v) is 57.4. The van der Waals surface area contributed by atoms with Crippen molar-refractivity contribution in [1.82, 2.24) is 0 Å². The van der Waals surface area contributed by atoms with Crippen molar-refractivity contribution in [3.63, 3.8) is 0 Å². The van der Waals surface area contributed by atoms with Crippen LogP contribution in [0.5, 0.6) is 23.0 Å². The standard InChI is InChI=1S/C110H164O6S6Si2/c1-17-21-25-29-33-37-41-45-49-53-73-113-91-65-57-87(58-66-91)109(111,88-59-67-92(68-60-88)114-74-54-50-46-42-38-34-30-26-22-18-2)103-105(99-77-95-97(117-99)79-101(119-95)123(81(5)6,82(7)8)83(9)10)121-108-104(106(122-107(103)108)100-78-96-98(118-100)80-102(120-96)124(84(11)12,85(13)14)86(15)16)110(112,89-61-69-93(70-62-89)115-75-55-51-47-43-39-35-31-27-23-19-3)90-63-71-94(72-64-90)116-76-56-52-48-44-40-36-32-28-24-20-4/h57-72,77-86,111-112H,17-56,73-76H2,1-16H3. The Kier molecular flexibility index (Phi) is 42.5. The van der Waals surface area contributed by atoms with E-state index in [1.165, 1.54) is 224 Å². The number of unbranched alkanes of at least 4 members (excludes halogenated alkanes) is 36. The van der Waals surface area contributed by atoms with Gasteiger partial charge < -0.3 is 29.2 Å². The minimum Gasteiger partial charge on any atom is -0.494 e. The number of aliphatic hydroxyl groups is 2. The molecule has 0 saturated heterocycles. The molecule has 10 aromatic rings. The fraction of sp³-hybridized carbons (Fsp3) is 0.618. The van der Waals surface area contributed by atoms with Gasteiger partial charge in [0, 0.05) is 39.7 Å². The molecule has 0 aliphatic rings. The van der Waals surface area contributed by atoms with Crippen molar-refractivity contribution < 1.29 is 29.2 Å². The maximum Gasteiger partial charge on any atom is 0.143 e. The number of ether oxygens (including phenoxy) is 4. The van der Waals surface area contributed by atoms with Crippen molar-refractivity contribution in [1.29, 1.82) is 0 Å². The van der Waals surface area contributed by atoms with E-state index in [2.05, 4.69) is 232 Å². The Balaban J connectivity index is 1.16. The van der Waals surface area contributed by atoms with Gasteiger partial charge in [-0.15, -0.1) is 68.0 Å². The van der Waals surface area contributed by atoms with Gasteiger partial charge >= 0.3 is 0 Å². The molecule has 0 unspecified atom stereocenters. The summed E-state index contributed by atoms with van der Waals surface area (Å²) in [5, 5.41) is 30.9. The maximum absolute atomic E-state index is 15.5. The minimum atomic E-state index is -2.03. The summed E-state index contributed by atoms with van der Waals surface area (Å²) < 4.78 is 37.0. The second-order valence-electron chi connectivity index (χ2n) is 38.6. The molecular formula is C110H164O6S6Si2. The molecule has 2 N–H and O–H groups in total. The first-order valence-electron chi connectivity index (χ1n) is 50.2. The Morgan fingerprint density at radius 2 is 0.444 bits per heavy atom. The van der Waals surface area contributed by atoms with Crippen LogP contribution >= 0.6 is 68.0 Å². The van der Waals surface area contributed by atoms with Gasteiger partial charge in [-0.1, -0.05) is 390 Å². The lowest BCUT2D eigenvalue weighted by atomic mass is 9.78. The molecule has 14 heteroatoms. The predicted octanol–water partition coefficient (Wildman–Crippen LogP) is 36.4. The summed E-state index contributed by atoms with van der Waals surface area (Å²) in [7, 11) is -4.06. The lowest BCUT2D eigenvalue weighted by Crippen LogP contribution is -2.54. The van der Waals surface area contributed by atoms with Crippen LogP contribution in [0, 0.1) is 0 Å². The highest BCUT2D eigenvalue weighted by Crippen LogP contribution is 2.61. The number of thiophene rings is 6. The second kappa shape index (κ2) is 51.9. The van der Waals surface area contributed by atoms with E-state index in [9.17, 15) is 0 Å². The number of benzene rings is 4. The van der Waals surface area contributed by atoms with Crippen LogP contribution in [-0.2, 0) is 11.2 Å². The zero-order valence-corrected chi connectivity index (χ0v) is 87.0. The van der Waals surface area contributed by atoms with Crippen molar-refractivity contribution in [2.24, 2.45) is 0 Å². The summed E-state index contributed by atoms with van der Waals surface area (Å²) in [5.74, 6) is 3.22. The third kappa shape index (κ3) is 26.0. The van der Waals surface area contributed by atoms with E-state index < -0.39 is 27.3 Å². The lowest BCUT2D eigenvalue weighted by Gasteiger charge is -2.42. The molecule has 684 valence electrons. The Labute approximate surface area is 779 Å². The van der Waals surface area contributed by atoms with Crippen LogP contribution in [0.15, 0.2) is 121 Å². The van der Waals surface area contributed by atoms with Crippen LogP contribution in [0.2, 0.25) is 33.2 Å². The van der Waals surface area contributed by atoms with E-state index in [1.807, 2.05) is 45.3 Å². The van der Waals surface area contributed by atoms with Gasteiger partial charge in [0.25, 0.3) is 0 Å². The molecule has 0 atom stereocenters. The predicted molar refractivity (Wildman–Crippen MR) is 558 cm³/mol. The monoisotopic (exact) mass is 1830 g/mol. The van der Waals surface area contributed by atoms with Crippen molar-refractivity contribution in [3.05, 3.63) is 155 Å². The van der Waals surface area contributed by atoms with Gasteiger partial charge in [0.15, 0.2) is 0 Å². The number of hydrogen-bond donors (Lipinski definition) is 2. The van der Waals surface area contributed by atoms with Crippen molar-refractivity contribution >= 4 is 121 Å². The zero-order chi connectivity index (χ0) is 88.5. The molecular weight excluding hydrogens is 1670 g/mol. The normalized spacial score (nSPS) is 12.7. The molecule has 4 aromatic carbocycles. The third-order valence-corrected chi connectivity index (χ3v) is 51.2. The van der Waals surface area contributed by atoms with Crippen LogP contribution in [0.4, 0.5) is 0 Å². The van der Waals surface area contributed by atoms with Gasteiger partial charge in [-0.3, -0.25) is 0 Å². The van der Waals surface area contributed by atoms with Crippen LogP contribution in [0.25, 0.3) is 47.7 Å². The third-order valence-electron chi connectivity index (χ3n) is 27.8. The van der Waals surface area contributed by atoms with E-state index >= 15 is 10.2 Å². The van der Waals surface area contributed by atoms with E-state index in [0.29, 0.717) is 59.7 Å². The summed E-state index contributed by atoms with van der Waals surface area (Å²) in [6.45, 7) is 41.6. The fourth-order valence-corrected chi connectivity index (χ4v) is 47.5. The average Bonchev–Trinajstić information content (AvgIpc) is 1.53. The highest BCUT2D eigenvalue weighted by Gasteiger charge is 2.50. The lowest BCUT2D eigenvalue weighted by molar-refractivity contribution is 0.127. The Bertz CT molecular complexity index is 4080. The first kappa shape index (κ1) is 102. The van der Waals surface area contributed by atoms with E-state index in [4.69, 9.17) is 18.9 Å². The molecule has 10 rings (SSSR count). The van der Waals surface area contributed by atoms with Gasteiger partial charge in [0.1, 0.15) is 50.3 Å². The van der Waals surface area contributed by atoms with Gasteiger partial charge in [-0.25, -0.2) is 0 Å². The van der Waals surface area contributed by atoms with Crippen LogP contribution in [0.3, 0.4) is 0 Å². The molecule has 0 aliphatic heterocycles. The molecule has 0 aliphatic carbocycles. The summed E-state index contributed by atoms with van der Waals surface area (Å²) in [5.41, 5.74) is 4.62. The summed E-state index contributed by atoms with van der Waals surface area (Å²) >= 11 is 11.3. The smallest absolute Gasteiger partial charge is 0.143 e. The number of hydrogen-bond acceptors (Lipinski definition) is 12. The Hall–Kier alpha value is -4.59. The highest BCUT2D eigenvalue weighted by molar-refractivity contribution is 7.40. The summed E-state index contributed by atoms with van der Waals surface area (Å²) in [6.07, 6.45) is 50.7. The molecule has 124 heavy (non-hydrogen) atoms. The summed E-state index contributed by atoms with van der Waals surface area (Å²) in [6, 6.07) is 44.0. The molecule has 6 aromatic heterocycles. The van der Waals surface area contributed by atoms with E-state index in [0.717, 1.165) is 137 Å². The molecule has 0 amide bonds. The maximum atomic E-state index is 15.5. The topological polar surface area (TPSA) is 77.4 Å². The van der Waals surface area contributed by atoms with E-state index in [1.54, 1.807) is 31.7 Å². The molecule has 0 bridgehead atoms. The molecule has 0 fully saturated rings. The largest absolute Gasteiger partial charge is 0.494 e. The van der Waals surface area contributed by atoms with Crippen molar-refractivity contribution in [2.75, 3.05) is 26.4 Å². The van der Waals surface area contributed by atoms with Gasteiger partial charge in [0.2, 0.25) is 0 Å². The fourth-order valence-electron chi connectivity index (χ4n) is 21.2. The quantitative estimate of drug-likeness (QED) is 0.0292. The van der Waals surface area contributed by atoms with Gasteiger partial charge in [0.05, 0.1) is 45.6 Å². The Morgan fingerprint density at radius 3 is 0.637 bits per heavy atom. The highest BCUT2D eigenvalue weighted by atomic mass is 32.1. The molecule has 6 heterocycles. The van der Waals surface area contributed by atoms with E-state index in [-0.39, 0.29) is 0 Å². The number of rotatable bonds is 64. The van der Waals surface area contributed by atoms with Crippen molar-refractivity contribution in [2.45, 2.75) is 412 Å². The van der Waals surface area contributed by atoms with Crippen LogP contribution in [0.1, 0.15) is 401 Å². The molecule has 0 spiro atoms. The Morgan fingerprint density at radius 1 is 0.250 bits per heavy atom. The molecule has 6 nitrogen and oxygen atoms in total. The number of fused-ring (bicyclic) bond motifs is 3. The molecule has 0 saturated carbocycles. The average molecular weight is 1830 g/mol. The zero-order valence-electron chi connectivity index (χ0n) is 80.1. The van der Waals surface area contributed by atoms with Gasteiger partial charge in [-0.2, -0.15) is 0 Å². The first-order valence-corrected chi connectivity index (χ1v) is 59.6. The molecule has 0 radical (unpaired) electrons. The van der Waals surface area contributed by atoms with Crippen molar-refractivity contribution in [3.8, 4) is 42.5 Å². The first-order chi connectivity index (χ1) is 60.1. The van der Waals surface area contributed by atoms with Gasteiger partial charge in [-0.05, 0) is 163 Å². The van der Waals surface area contributed by atoms with Crippen LogP contribution < -0.4 is 27.9 Å². The van der Waals surface area contributed by atoms with Crippen LogP contribution in [-0.4, -0.2) is 52.8 Å². The minimum absolute atomic E-state index is 0.567. The SMILES string of the molecule is CCCCCCCCCCCCOc1ccc(C(O)(c2ccc(OCCCCCCCCCCCC)cc2)c2c(-c3cc4sc([Si](C(C)C)(C(C)C)C(C)C)cc4s3)sc3c(C(O)(c4ccc(OCCCCCCCCCCCC)cc4)c4ccc(OCCCCCCCCCCCC)cc4)c(-c4cc5sc([Si](C(C)C)(C(C)C)C(C)C)cc5s4)sc23)cc1.